The Kier molecular flexibility index (Phi) is 3.67. The maximum atomic E-state index is 12.3. The van der Waals surface area contributed by atoms with Gasteiger partial charge in [-0.3, -0.25) is 4.90 Å². The molecule has 0 radical (unpaired) electrons. The van der Waals surface area contributed by atoms with Crippen molar-refractivity contribution in [3.05, 3.63) is 30.3 Å². The molecule has 0 N–H and O–H groups in total. The summed E-state index contributed by atoms with van der Waals surface area (Å²) >= 11 is 0. The first kappa shape index (κ1) is 12.0. The standard InChI is InChI=1S/C14H20N2O/c1-12-7-6-10-16(11-12)14(17)15(2)13-8-4-3-5-9-13/h3-5,8-9,12H,6-7,10-11H2,1-2H3. The van der Waals surface area contributed by atoms with Crippen LogP contribution in [0.4, 0.5) is 10.5 Å². The Labute approximate surface area is 103 Å². The van der Waals surface area contributed by atoms with E-state index in [0.29, 0.717) is 5.92 Å². The molecule has 92 valence electrons. The molecule has 1 aromatic carbocycles. The molecule has 2 amide bonds. The Morgan fingerprint density at radius 1 is 1.35 bits per heavy atom. The number of carbonyl (C=O) groups is 1. The van der Waals surface area contributed by atoms with Gasteiger partial charge in [0.05, 0.1) is 0 Å². The molecule has 0 saturated carbocycles. The second-order valence-corrected chi connectivity index (χ2v) is 4.87. The number of piperidine rings is 1. The van der Waals surface area contributed by atoms with Crippen molar-refractivity contribution >= 4 is 11.7 Å². The lowest BCUT2D eigenvalue weighted by Crippen LogP contribution is -2.45. The zero-order valence-electron chi connectivity index (χ0n) is 10.6. The summed E-state index contributed by atoms with van der Waals surface area (Å²) in [4.78, 5) is 16.0. The highest BCUT2D eigenvalue weighted by atomic mass is 16.2. The van der Waals surface area contributed by atoms with Gasteiger partial charge in [-0.1, -0.05) is 25.1 Å². The summed E-state index contributed by atoms with van der Waals surface area (Å²) in [6, 6.07) is 9.92. The van der Waals surface area contributed by atoms with Crippen molar-refractivity contribution in [2.45, 2.75) is 19.8 Å². The minimum absolute atomic E-state index is 0.114. The largest absolute Gasteiger partial charge is 0.324 e. The fraction of sp³-hybridized carbons (Fsp3) is 0.500. The molecule has 1 unspecified atom stereocenters. The van der Waals surface area contributed by atoms with Gasteiger partial charge in [-0.25, -0.2) is 4.79 Å². The smallest absolute Gasteiger partial charge is 0.324 e. The summed E-state index contributed by atoms with van der Waals surface area (Å²) in [7, 11) is 1.84. The summed E-state index contributed by atoms with van der Waals surface area (Å²) in [5.41, 5.74) is 0.954. The normalized spacial score (nSPS) is 20.1. The number of hydrogen-bond donors (Lipinski definition) is 0. The van der Waals surface area contributed by atoms with Gasteiger partial charge in [0.25, 0.3) is 0 Å². The summed E-state index contributed by atoms with van der Waals surface area (Å²) < 4.78 is 0. The Morgan fingerprint density at radius 2 is 2.06 bits per heavy atom. The molecule has 2 rings (SSSR count). The molecule has 1 aliphatic heterocycles. The predicted molar refractivity (Wildman–Crippen MR) is 70.2 cm³/mol. The topological polar surface area (TPSA) is 23.6 Å². The molecule has 1 heterocycles. The Hall–Kier alpha value is -1.51. The first-order chi connectivity index (χ1) is 8.18. The minimum Gasteiger partial charge on any atom is -0.324 e. The van der Waals surface area contributed by atoms with Crippen LogP contribution in [0.15, 0.2) is 30.3 Å². The second kappa shape index (κ2) is 5.21. The third-order valence-electron chi connectivity index (χ3n) is 3.36. The molecule has 1 aromatic rings. The van der Waals surface area contributed by atoms with E-state index in [2.05, 4.69) is 6.92 Å². The van der Waals surface area contributed by atoms with Crippen LogP contribution in [0.2, 0.25) is 0 Å². The molecule has 0 spiro atoms. The second-order valence-electron chi connectivity index (χ2n) is 4.87. The van der Waals surface area contributed by atoms with Gasteiger partial charge in [0.1, 0.15) is 0 Å². The van der Waals surface area contributed by atoms with Crippen molar-refractivity contribution in [2.75, 3.05) is 25.0 Å². The quantitative estimate of drug-likeness (QED) is 0.730. The van der Waals surface area contributed by atoms with E-state index < -0.39 is 0 Å². The average molecular weight is 232 g/mol. The highest BCUT2D eigenvalue weighted by Crippen LogP contribution is 2.19. The molecule has 1 atom stereocenters. The van der Waals surface area contributed by atoms with Crippen LogP contribution in [-0.4, -0.2) is 31.1 Å². The van der Waals surface area contributed by atoms with Gasteiger partial charge in [0, 0.05) is 25.8 Å². The predicted octanol–water partition coefficient (Wildman–Crippen LogP) is 2.97. The molecule has 0 aliphatic carbocycles. The van der Waals surface area contributed by atoms with Crippen molar-refractivity contribution in [3.8, 4) is 0 Å². The van der Waals surface area contributed by atoms with Crippen LogP contribution in [-0.2, 0) is 0 Å². The number of urea groups is 1. The van der Waals surface area contributed by atoms with Crippen LogP contribution in [0.5, 0.6) is 0 Å². The molecule has 1 aliphatic rings. The van der Waals surface area contributed by atoms with Crippen molar-refractivity contribution in [3.63, 3.8) is 0 Å². The number of carbonyl (C=O) groups excluding carboxylic acids is 1. The molecule has 3 nitrogen and oxygen atoms in total. The van der Waals surface area contributed by atoms with Crippen LogP contribution in [0, 0.1) is 5.92 Å². The highest BCUT2D eigenvalue weighted by Gasteiger charge is 2.23. The van der Waals surface area contributed by atoms with E-state index >= 15 is 0 Å². The molecular weight excluding hydrogens is 212 g/mol. The van der Waals surface area contributed by atoms with Crippen LogP contribution >= 0.6 is 0 Å². The number of para-hydroxylation sites is 1. The van der Waals surface area contributed by atoms with Crippen LogP contribution < -0.4 is 4.90 Å². The first-order valence-electron chi connectivity index (χ1n) is 6.26. The van der Waals surface area contributed by atoms with Crippen molar-refractivity contribution in [1.29, 1.82) is 0 Å². The van der Waals surface area contributed by atoms with E-state index in [9.17, 15) is 4.79 Å². The lowest BCUT2D eigenvalue weighted by molar-refractivity contribution is 0.177. The third kappa shape index (κ3) is 2.78. The van der Waals surface area contributed by atoms with Gasteiger partial charge in [-0.15, -0.1) is 0 Å². The van der Waals surface area contributed by atoms with Crippen LogP contribution in [0.1, 0.15) is 19.8 Å². The molecule has 17 heavy (non-hydrogen) atoms. The summed E-state index contributed by atoms with van der Waals surface area (Å²) in [5.74, 6) is 0.622. The molecular formula is C14H20N2O. The molecule has 1 fully saturated rings. The van der Waals surface area contributed by atoms with E-state index in [1.54, 1.807) is 4.90 Å². The maximum Gasteiger partial charge on any atom is 0.324 e. The molecule has 1 saturated heterocycles. The number of rotatable bonds is 1. The monoisotopic (exact) mass is 232 g/mol. The highest BCUT2D eigenvalue weighted by molar-refractivity contribution is 5.91. The molecule has 0 bridgehead atoms. The van der Waals surface area contributed by atoms with E-state index in [4.69, 9.17) is 0 Å². The molecule has 0 aromatic heterocycles. The zero-order valence-corrected chi connectivity index (χ0v) is 10.6. The van der Waals surface area contributed by atoms with Crippen LogP contribution in [0.3, 0.4) is 0 Å². The SMILES string of the molecule is CC1CCCN(C(=O)N(C)c2ccccc2)C1. The van der Waals surface area contributed by atoms with Crippen molar-refractivity contribution in [2.24, 2.45) is 5.92 Å². The summed E-state index contributed by atoms with van der Waals surface area (Å²) in [6.07, 6.45) is 2.36. The number of hydrogen-bond acceptors (Lipinski definition) is 1. The van der Waals surface area contributed by atoms with E-state index in [1.165, 1.54) is 6.42 Å². The van der Waals surface area contributed by atoms with Gasteiger partial charge in [-0.2, -0.15) is 0 Å². The van der Waals surface area contributed by atoms with Crippen molar-refractivity contribution in [1.82, 2.24) is 4.90 Å². The Balaban J connectivity index is 2.04. The fourth-order valence-electron chi connectivity index (χ4n) is 2.34. The Morgan fingerprint density at radius 3 is 2.71 bits per heavy atom. The van der Waals surface area contributed by atoms with E-state index in [0.717, 1.165) is 25.2 Å². The van der Waals surface area contributed by atoms with Gasteiger partial charge >= 0.3 is 6.03 Å². The number of nitrogens with zero attached hydrogens (tertiary/aromatic N) is 2. The van der Waals surface area contributed by atoms with Gasteiger partial charge in [0.15, 0.2) is 0 Å². The lowest BCUT2D eigenvalue weighted by atomic mass is 10.0. The fourth-order valence-corrected chi connectivity index (χ4v) is 2.34. The Bertz CT molecular complexity index is 377. The minimum atomic E-state index is 0.114. The summed E-state index contributed by atoms with van der Waals surface area (Å²) in [6.45, 7) is 3.98. The van der Waals surface area contributed by atoms with E-state index in [1.807, 2.05) is 42.3 Å². The zero-order chi connectivity index (χ0) is 12.3. The van der Waals surface area contributed by atoms with Crippen LogP contribution in [0.25, 0.3) is 0 Å². The maximum absolute atomic E-state index is 12.3. The lowest BCUT2D eigenvalue weighted by Gasteiger charge is -2.34. The van der Waals surface area contributed by atoms with E-state index in [-0.39, 0.29) is 6.03 Å². The number of likely N-dealkylation sites (tertiary alicyclic amines) is 1. The third-order valence-corrected chi connectivity index (χ3v) is 3.36. The number of amides is 2. The van der Waals surface area contributed by atoms with Crippen molar-refractivity contribution < 1.29 is 4.79 Å². The average Bonchev–Trinajstić information content (AvgIpc) is 2.38. The van der Waals surface area contributed by atoms with Gasteiger partial charge in [0.2, 0.25) is 0 Å². The first-order valence-corrected chi connectivity index (χ1v) is 6.26. The van der Waals surface area contributed by atoms with Gasteiger partial charge in [-0.05, 0) is 30.9 Å². The molecule has 3 heteroatoms. The summed E-state index contributed by atoms with van der Waals surface area (Å²) in [5, 5.41) is 0. The number of benzene rings is 1. The number of anilines is 1. The van der Waals surface area contributed by atoms with Gasteiger partial charge < -0.3 is 4.90 Å².